The van der Waals surface area contributed by atoms with Crippen molar-refractivity contribution in [1.29, 1.82) is 0 Å². The Morgan fingerprint density at radius 3 is 2.58 bits per heavy atom. The lowest BCUT2D eigenvalue weighted by atomic mass is 10.2. The van der Waals surface area contributed by atoms with Crippen LogP contribution in [0.25, 0.3) is 0 Å². The summed E-state index contributed by atoms with van der Waals surface area (Å²) in [7, 11) is 1.62. The fourth-order valence-corrected chi connectivity index (χ4v) is 3.68. The van der Waals surface area contributed by atoms with Gasteiger partial charge in [0.2, 0.25) is 0 Å². The van der Waals surface area contributed by atoms with Crippen LogP contribution in [0, 0.1) is 0 Å². The van der Waals surface area contributed by atoms with Crippen LogP contribution in [0.1, 0.15) is 13.3 Å². The number of benzene rings is 2. The summed E-state index contributed by atoms with van der Waals surface area (Å²) in [4.78, 5) is 15.9. The molecule has 0 radical (unpaired) electrons. The van der Waals surface area contributed by atoms with E-state index < -0.39 is 6.10 Å². The van der Waals surface area contributed by atoms with Crippen LogP contribution in [-0.2, 0) is 4.79 Å². The maximum absolute atomic E-state index is 12.9. The Kier molecular flexibility index (Phi) is 5.30. The summed E-state index contributed by atoms with van der Waals surface area (Å²) in [6.07, 6.45) is 0.426. The first-order valence-corrected chi connectivity index (χ1v) is 9.01. The second-order valence-corrected chi connectivity index (χ2v) is 6.73. The number of nitrogens with zero attached hydrogens (tertiary/aromatic N) is 1. The molecule has 5 heteroatoms. The van der Waals surface area contributed by atoms with E-state index in [1.54, 1.807) is 25.8 Å². The van der Waals surface area contributed by atoms with Gasteiger partial charge in [-0.05, 0) is 55.5 Å². The number of anilines is 1. The summed E-state index contributed by atoms with van der Waals surface area (Å²) >= 11 is 1.80. The number of fused-ring (bicyclic) bond motifs is 1. The van der Waals surface area contributed by atoms with Gasteiger partial charge in [-0.3, -0.25) is 4.79 Å². The summed E-state index contributed by atoms with van der Waals surface area (Å²) in [6.45, 7) is 2.52. The van der Waals surface area contributed by atoms with Crippen LogP contribution in [0.2, 0.25) is 0 Å². The van der Waals surface area contributed by atoms with Crippen LogP contribution < -0.4 is 14.4 Å². The molecule has 0 spiro atoms. The van der Waals surface area contributed by atoms with Gasteiger partial charge in [-0.15, -0.1) is 11.8 Å². The Bertz CT molecular complexity index is 702. The van der Waals surface area contributed by atoms with Crippen LogP contribution in [0.15, 0.2) is 53.4 Å². The first-order valence-electron chi connectivity index (χ1n) is 8.03. The molecule has 0 N–H and O–H groups in total. The fourth-order valence-electron chi connectivity index (χ4n) is 2.68. The molecular formula is C19H21NO3S. The summed E-state index contributed by atoms with van der Waals surface area (Å²) in [6, 6.07) is 15.3. The number of amides is 1. The molecule has 1 heterocycles. The van der Waals surface area contributed by atoms with Gasteiger partial charge in [0, 0.05) is 11.4 Å². The minimum absolute atomic E-state index is 0.0132. The predicted octanol–water partition coefficient (Wildman–Crippen LogP) is 3.99. The number of para-hydroxylation sites is 1. The van der Waals surface area contributed by atoms with Gasteiger partial charge in [-0.25, -0.2) is 0 Å². The number of ether oxygens (including phenoxy) is 2. The molecule has 0 bridgehead atoms. The highest BCUT2D eigenvalue weighted by atomic mass is 32.2. The monoisotopic (exact) mass is 343 g/mol. The third-order valence-electron chi connectivity index (χ3n) is 3.93. The van der Waals surface area contributed by atoms with Gasteiger partial charge in [-0.1, -0.05) is 12.1 Å². The maximum atomic E-state index is 12.9. The topological polar surface area (TPSA) is 38.8 Å². The molecule has 1 amide bonds. The van der Waals surface area contributed by atoms with Gasteiger partial charge < -0.3 is 14.4 Å². The third-order valence-corrected chi connectivity index (χ3v) is 5.07. The van der Waals surface area contributed by atoms with Crippen molar-refractivity contribution in [2.45, 2.75) is 24.3 Å². The number of carbonyl (C=O) groups excluding carboxylic acids is 1. The summed E-state index contributed by atoms with van der Waals surface area (Å²) in [5.41, 5.74) is 0.982. The van der Waals surface area contributed by atoms with Crippen molar-refractivity contribution in [1.82, 2.24) is 0 Å². The second-order valence-electron chi connectivity index (χ2n) is 5.60. The van der Waals surface area contributed by atoms with Crippen LogP contribution >= 0.6 is 11.8 Å². The summed E-state index contributed by atoms with van der Waals surface area (Å²) < 4.78 is 11.0. The standard InChI is InChI=1S/C19H21NO3S/c1-14(23-16-10-8-15(22-2)9-11-16)19(21)20-12-5-13-24-18-7-4-3-6-17(18)20/h3-4,6-11,14H,5,12-13H2,1-2H3. The zero-order valence-electron chi connectivity index (χ0n) is 13.9. The number of carbonyl (C=O) groups is 1. The van der Waals surface area contributed by atoms with E-state index in [2.05, 4.69) is 6.07 Å². The molecule has 4 nitrogen and oxygen atoms in total. The smallest absolute Gasteiger partial charge is 0.267 e. The highest BCUT2D eigenvalue weighted by Gasteiger charge is 2.26. The van der Waals surface area contributed by atoms with Gasteiger partial charge in [0.1, 0.15) is 11.5 Å². The van der Waals surface area contributed by atoms with Crippen molar-refractivity contribution in [3.05, 3.63) is 48.5 Å². The summed E-state index contributed by atoms with van der Waals surface area (Å²) in [5.74, 6) is 2.43. The number of thioether (sulfide) groups is 1. The Balaban J connectivity index is 1.75. The van der Waals surface area contributed by atoms with E-state index in [-0.39, 0.29) is 5.91 Å². The molecule has 0 aromatic heterocycles. The number of methoxy groups -OCH3 is 1. The summed E-state index contributed by atoms with van der Waals surface area (Å²) in [5, 5.41) is 0. The highest BCUT2D eigenvalue weighted by molar-refractivity contribution is 7.99. The van der Waals surface area contributed by atoms with Crippen molar-refractivity contribution in [2.75, 3.05) is 24.3 Å². The average Bonchev–Trinajstić information content (AvgIpc) is 2.84. The molecule has 1 unspecified atom stereocenters. The van der Waals surface area contributed by atoms with E-state index in [0.717, 1.165) is 35.1 Å². The van der Waals surface area contributed by atoms with Gasteiger partial charge in [0.25, 0.3) is 5.91 Å². The van der Waals surface area contributed by atoms with E-state index in [4.69, 9.17) is 9.47 Å². The lowest BCUT2D eigenvalue weighted by Gasteiger charge is -2.26. The van der Waals surface area contributed by atoms with Crippen LogP contribution in [0.3, 0.4) is 0 Å². The Labute approximate surface area is 146 Å². The molecule has 1 aliphatic rings. The van der Waals surface area contributed by atoms with Crippen molar-refractivity contribution in [2.24, 2.45) is 0 Å². The van der Waals surface area contributed by atoms with Gasteiger partial charge in [-0.2, -0.15) is 0 Å². The van der Waals surface area contributed by atoms with Crippen LogP contribution in [0.4, 0.5) is 5.69 Å². The molecule has 0 saturated carbocycles. The molecule has 0 fully saturated rings. The highest BCUT2D eigenvalue weighted by Crippen LogP contribution is 2.34. The SMILES string of the molecule is COc1ccc(OC(C)C(=O)N2CCCSc3ccccc32)cc1. The van der Waals surface area contributed by atoms with E-state index in [9.17, 15) is 4.79 Å². The molecule has 2 aromatic rings. The fraction of sp³-hybridized carbons (Fsp3) is 0.316. The quantitative estimate of drug-likeness (QED) is 0.841. The zero-order valence-corrected chi connectivity index (χ0v) is 14.7. The van der Waals surface area contributed by atoms with Crippen molar-refractivity contribution in [3.8, 4) is 11.5 Å². The van der Waals surface area contributed by atoms with Crippen molar-refractivity contribution in [3.63, 3.8) is 0 Å². The Morgan fingerprint density at radius 2 is 1.83 bits per heavy atom. The van der Waals surface area contributed by atoms with Gasteiger partial charge in [0.15, 0.2) is 6.10 Å². The van der Waals surface area contributed by atoms with E-state index in [1.165, 1.54) is 0 Å². The molecule has 1 atom stereocenters. The second kappa shape index (κ2) is 7.62. The minimum Gasteiger partial charge on any atom is -0.497 e. The van der Waals surface area contributed by atoms with Gasteiger partial charge in [0.05, 0.1) is 12.8 Å². The Hall–Kier alpha value is -2.14. The first kappa shape index (κ1) is 16.7. The molecule has 24 heavy (non-hydrogen) atoms. The normalized spacial score (nSPS) is 15.2. The Morgan fingerprint density at radius 1 is 1.12 bits per heavy atom. The zero-order chi connectivity index (χ0) is 16.9. The van der Waals surface area contributed by atoms with Gasteiger partial charge >= 0.3 is 0 Å². The maximum Gasteiger partial charge on any atom is 0.267 e. The van der Waals surface area contributed by atoms with E-state index >= 15 is 0 Å². The molecule has 0 aliphatic carbocycles. The number of hydrogen-bond donors (Lipinski definition) is 0. The molecule has 126 valence electrons. The molecule has 3 rings (SSSR count). The van der Waals surface area contributed by atoms with Crippen molar-refractivity contribution >= 4 is 23.4 Å². The van der Waals surface area contributed by atoms with E-state index in [1.807, 2.05) is 47.4 Å². The molecule has 0 saturated heterocycles. The minimum atomic E-state index is -0.547. The van der Waals surface area contributed by atoms with Crippen LogP contribution in [0.5, 0.6) is 11.5 Å². The van der Waals surface area contributed by atoms with Crippen molar-refractivity contribution < 1.29 is 14.3 Å². The predicted molar refractivity (Wildman–Crippen MR) is 97.2 cm³/mol. The largest absolute Gasteiger partial charge is 0.497 e. The lowest BCUT2D eigenvalue weighted by Crippen LogP contribution is -2.41. The number of rotatable bonds is 4. The average molecular weight is 343 g/mol. The molecule has 2 aromatic carbocycles. The van der Waals surface area contributed by atoms with Crippen LogP contribution in [-0.4, -0.2) is 31.4 Å². The first-order chi connectivity index (χ1) is 11.7. The lowest BCUT2D eigenvalue weighted by molar-refractivity contribution is -0.124. The van der Waals surface area contributed by atoms with E-state index in [0.29, 0.717) is 5.75 Å². The molecule has 1 aliphatic heterocycles. The molecular weight excluding hydrogens is 322 g/mol. The number of hydrogen-bond acceptors (Lipinski definition) is 4. The third kappa shape index (κ3) is 3.67.